The van der Waals surface area contributed by atoms with E-state index in [0.717, 1.165) is 19.4 Å². The Morgan fingerprint density at radius 3 is 3.00 bits per heavy atom. The Hall–Kier alpha value is -1.33. The Labute approximate surface area is 130 Å². The number of carbonyl (C=O) groups is 1. The van der Waals surface area contributed by atoms with E-state index in [-0.39, 0.29) is 30.2 Å². The molecule has 1 amide bonds. The van der Waals surface area contributed by atoms with Gasteiger partial charge in [-0.05, 0) is 31.4 Å². The molecule has 1 atom stereocenters. The molecule has 4 nitrogen and oxygen atoms in total. The molecule has 21 heavy (non-hydrogen) atoms. The first kappa shape index (κ1) is 17.7. The van der Waals surface area contributed by atoms with Gasteiger partial charge in [0.05, 0.1) is 6.61 Å². The van der Waals surface area contributed by atoms with E-state index in [0.29, 0.717) is 31.7 Å². The van der Waals surface area contributed by atoms with Gasteiger partial charge < -0.3 is 15.4 Å². The molecule has 2 N–H and O–H groups in total. The number of hydrogen-bond donors (Lipinski definition) is 1. The van der Waals surface area contributed by atoms with Crippen LogP contribution in [0.5, 0.6) is 5.75 Å². The van der Waals surface area contributed by atoms with E-state index >= 15 is 0 Å². The Kier molecular flexibility index (Phi) is 7.47. The number of halogens is 2. The van der Waals surface area contributed by atoms with E-state index in [1.807, 2.05) is 4.90 Å². The highest BCUT2D eigenvalue weighted by molar-refractivity contribution is 5.85. The summed E-state index contributed by atoms with van der Waals surface area (Å²) < 4.78 is 18.4. The predicted octanol–water partition coefficient (Wildman–Crippen LogP) is 2.36. The number of benzene rings is 1. The molecule has 0 spiro atoms. The van der Waals surface area contributed by atoms with Crippen molar-refractivity contribution in [2.75, 3.05) is 19.7 Å². The smallest absolute Gasteiger partial charge is 0.222 e. The van der Waals surface area contributed by atoms with Gasteiger partial charge in [0, 0.05) is 31.6 Å². The number of amides is 1. The Morgan fingerprint density at radius 2 is 2.29 bits per heavy atom. The number of nitrogens with zero attached hydrogens (tertiary/aromatic N) is 1. The van der Waals surface area contributed by atoms with Crippen LogP contribution in [0.15, 0.2) is 24.3 Å². The minimum absolute atomic E-state index is 0. The van der Waals surface area contributed by atoms with Gasteiger partial charge in [0.1, 0.15) is 11.6 Å². The van der Waals surface area contributed by atoms with Crippen LogP contribution < -0.4 is 10.5 Å². The molecule has 0 aromatic heterocycles. The second-order valence-electron chi connectivity index (χ2n) is 5.03. The Morgan fingerprint density at radius 1 is 1.48 bits per heavy atom. The summed E-state index contributed by atoms with van der Waals surface area (Å²) in [6, 6.07) is 6.22. The summed E-state index contributed by atoms with van der Waals surface area (Å²) in [5.41, 5.74) is 5.65. The third kappa shape index (κ3) is 5.17. The van der Waals surface area contributed by atoms with Crippen LogP contribution in [-0.4, -0.2) is 36.5 Å². The number of rotatable bonds is 6. The van der Waals surface area contributed by atoms with Crippen molar-refractivity contribution in [3.05, 3.63) is 30.1 Å². The lowest BCUT2D eigenvalue weighted by molar-refractivity contribution is -0.132. The van der Waals surface area contributed by atoms with E-state index in [4.69, 9.17) is 10.5 Å². The number of carbonyl (C=O) groups excluding carboxylic acids is 1. The summed E-state index contributed by atoms with van der Waals surface area (Å²) in [7, 11) is 0. The molecule has 1 aromatic rings. The molecule has 2 rings (SSSR count). The highest BCUT2D eigenvalue weighted by Crippen LogP contribution is 2.18. The minimum Gasteiger partial charge on any atom is -0.493 e. The van der Waals surface area contributed by atoms with E-state index in [2.05, 4.69) is 0 Å². The molecule has 1 heterocycles. The van der Waals surface area contributed by atoms with Gasteiger partial charge in [-0.1, -0.05) is 6.07 Å². The second-order valence-corrected chi connectivity index (χ2v) is 5.03. The molecule has 1 aliphatic heterocycles. The summed E-state index contributed by atoms with van der Waals surface area (Å²) in [5, 5.41) is 0. The quantitative estimate of drug-likeness (QED) is 0.820. The molecule has 118 valence electrons. The maximum Gasteiger partial charge on any atom is 0.222 e. The van der Waals surface area contributed by atoms with Crippen LogP contribution >= 0.6 is 12.4 Å². The summed E-state index contributed by atoms with van der Waals surface area (Å²) in [6.45, 7) is 1.76. The molecule has 6 heteroatoms. The minimum atomic E-state index is -0.318. The SMILES string of the molecule is Cl.NCC1CCCN1C(=O)CCCOc1cccc(F)c1. The lowest BCUT2D eigenvalue weighted by Gasteiger charge is -2.23. The average molecular weight is 317 g/mol. The zero-order valence-electron chi connectivity index (χ0n) is 12.0. The molecular formula is C15H22ClFN2O2. The van der Waals surface area contributed by atoms with Crippen LogP contribution in [-0.2, 0) is 4.79 Å². The largest absolute Gasteiger partial charge is 0.493 e. The maximum atomic E-state index is 12.9. The summed E-state index contributed by atoms with van der Waals surface area (Å²) >= 11 is 0. The van der Waals surface area contributed by atoms with Crippen molar-refractivity contribution in [1.82, 2.24) is 4.90 Å². The topological polar surface area (TPSA) is 55.6 Å². The molecule has 0 bridgehead atoms. The molecule has 1 saturated heterocycles. The molecule has 0 aliphatic carbocycles. The van der Waals surface area contributed by atoms with Gasteiger partial charge in [0.25, 0.3) is 0 Å². The van der Waals surface area contributed by atoms with Crippen LogP contribution in [0.4, 0.5) is 4.39 Å². The van der Waals surface area contributed by atoms with Gasteiger partial charge >= 0.3 is 0 Å². The summed E-state index contributed by atoms with van der Waals surface area (Å²) in [4.78, 5) is 13.9. The van der Waals surface area contributed by atoms with E-state index in [9.17, 15) is 9.18 Å². The van der Waals surface area contributed by atoms with Crippen LogP contribution in [0.25, 0.3) is 0 Å². The first-order chi connectivity index (χ1) is 9.70. The molecule has 1 aliphatic rings. The fraction of sp³-hybridized carbons (Fsp3) is 0.533. The maximum absolute atomic E-state index is 12.9. The highest BCUT2D eigenvalue weighted by Gasteiger charge is 2.26. The highest BCUT2D eigenvalue weighted by atomic mass is 35.5. The van der Waals surface area contributed by atoms with E-state index in [1.165, 1.54) is 12.1 Å². The second kappa shape index (κ2) is 8.85. The standard InChI is InChI=1S/C15H21FN2O2.ClH/c16-12-4-1-6-14(10-12)20-9-3-7-15(19)18-8-2-5-13(18)11-17;/h1,4,6,10,13H,2-3,5,7-9,11,17H2;1H. The predicted molar refractivity (Wildman–Crippen MR) is 82.2 cm³/mol. The van der Waals surface area contributed by atoms with Crippen molar-refractivity contribution in [2.24, 2.45) is 5.73 Å². The van der Waals surface area contributed by atoms with Gasteiger partial charge in [-0.3, -0.25) is 4.79 Å². The van der Waals surface area contributed by atoms with Crippen molar-refractivity contribution < 1.29 is 13.9 Å². The zero-order chi connectivity index (χ0) is 14.4. The lowest BCUT2D eigenvalue weighted by Crippen LogP contribution is -2.39. The van der Waals surface area contributed by atoms with Crippen molar-refractivity contribution in [2.45, 2.75) is 31.7 Å². The molecule has 0 radical (unpaired) electrons. The summed E-state index contributed by atoms with van der Waals surface area (Å²) in [6.07, 6.45) is 3.12. The number of nitrogens with two attached hydrogens (primary N) is 1. The van der Waals surface area contributed by atoms with Crippen LogP contribution in [0.3, 0.4) is 0 Å². The van der Waals surface area contributed by atoms with Crippen molar-refractivity contribution in [3.63, 3.8) is 0 Å². The number of ether oxygens (including phenoxy) is 1. The first-order valence-corrected chi connectivity index (χ1v) is 7.08. The third-order valence-electron chi connectivity index (χ3n) is 3.57. The van der Waals surface area contributed by atoms with Crippen LogP contribution in [0, 0.1) is 5.82 Å². The fourth-order valence-corrected chi connectivity index (χ4v) is 2.52. The van der Waals surface area contributed by atoms with Crippen molar-refractivity contribution >= 4 is 18.3 Å². The fourth-order valence-electron chi connectivity index (χ4n) is 2.52. The van der Waals surface area contributed by atoms with Gasteiger partial charge in [0.15, 0.2) is 0 Å². The number of likely N-dealkylation sites (tertiary alicyclic amines) is 1. The van der Waals surface area contributed by atoms with Crippen molar-refractivity contribution in [3.8, 4) is 5.75 Å². The zero-order valence-corrected chi connectivity index (χ0v) is 12.8. The van der Waals surface area contributed by atoms with Gasteiger partial charge in [-0.2, -0.15) is 0 Å². The normalized spacial score (nSPS) is 17.4. The Bertz CT molecular complexity index is 459. The van der Waals surface area contributed by atoms with Gasteiger partial charge in [0.2, 0.25) is 5.91 Å². The van der Waals surface area contributed by atoms with Crippen LogP contribution in [0.2, 0.25) is 0 Å². The molecule has 1 unspecified atom stereocenters. The Balaban J connectivity index is 0.00000220. The lowest BCUT2D eigenvalue weighted by atomic mass is 10.2. The average Bonchev–Trinajstić information content (AvgIpc) is 2.92. The monoisotopic (exact) mass is 316 g/mol. The third-order valence-corrected chi connectivity index (χ3v) is 3.57. The summed E-state index contributed by atoms with van der Waals surface area (Å²) in [5.74, 6) is 0.320. The molecular weight excluding hydrogens is 295 g/mol. The number of hydrogen-bond acceptors (Lipinski definition) is 3. The van der Waals surface area contributed by atoms with Gasteiger partial charge in [-0.15, -0.1) is 12.4 Å². The first-order valence-electron chi connectivity index (χ1n) is 7.08. The van der Waals surface area contributed by atoms with Gasteiger partial charge in [-0.25, -0.2) is 4.39 Å². The molecule has 1 fully saturated rings. The van der Waals surface area contributed by atoms with Crippen LogP contribution in [0.1, 0.15) is 25.7 Å². The van der Waals surface area contributed by atoms with E-state index < -0.39 is 0 Å². The van der Waals surface area contributed by atoms with E-state index in [1.54, 1.807) is 12.1 Å². The van der Waals surface area contributed by atoms with Crippen molar-refractivity contribution in [1.29, 1.82) is 0 Å². The molecule has 1 aromatic carbocycles. The molecule has 0 saturated carbocycles.